The van der Waals surface area contributed by atoms with Crippen LogP contribution in [-0.4, -0.2) is 5.75 Å². The molecule has 1 aromatic carbocycles. The maximum atomic E-state index is 5.65. The number of benzene rings is 1. The Balaban J connectivity index is 3.16. The second-order valence-corrected chi connectivity index (χ2v) is 3.98. The number of nitrogen functional groups attached to an aromatic ring is 1. The van der Waals surface area contributed by atoms with E-state index in [2.05, 4.69) is 26.1 Å². The Labute approximate surface area is 97.1 Å². The SMILES string of the molecule is C=C(C)/C(CS)=C(\C)c1ccc(N)cc1. The molecule has 0 spiro atoms. The highest BCUT2D eigenvalue weighted by atomic mass is 32.1. The second kappa shape index (κ2) is 5.08. The van der Waals surface area contributed by atoms with Crippen LogP contribution in [0.3, 0.4) is 0 Å². The monoisotopic (exact) mass is 219 g/mol. The van der Waals surface area contributed by atoms with E-state index in [1.165, 1.54) is 16.7 Å². The van der Waals surface area contributed by atoms with Crippen molar-refractivity contribution < 1.29 is 0 Å². The highest BCUT2D eigenvalue weighted by Crippen LogP contribution is 2.24. The molecule has 0 unspecified atom stereocenters. The molecule has 1 aromatic rings. The lowest BCUT2D eigenvalue weighted by Gasteiger charge is -2.10. The van der Waals surface area contributed by atoms with Crippen LogP contribution in [0.2, 0.25) is 0 Å². The first-order valence-corrected chi connectivity index (χ1v) is 5.52. The maximum absolute atomic E-state index is 5.65. The van der Waals surface area contributed by atoms with Gasteiger partial charge in [0, 0.05) is 11.4 Å². The highest BCUT2D eigenvalue weighted by molar-refractivity contribution is 7.80. The zero-order valence-electron chi connectivity index (χ0n) is 9.25. The van der Waals surface area contributed by atoms with Crippen molar-refractivity contribution in [3.05, 3.63) is 47.6 Å². The van der Waals surface area contributed by atoms with Crippen molar-refractivity contribution in [3.63, 3.8) is 0 Å². The van der Waals surface area contributed by atoms with E-state index in [1.54, 1.807) is 0 Å². The third-order valence-corrected chi connectivity index (χ3v) is 2.79. The smallest absolute Gasteiger partial charge is 0.0314 e. The number of hydrogen-bond donors (Lipinski definition) is 2. The molecule has 0 radical (unpaired) electrons. The van der Waals surface area contributed by atoms with E-state index < -0.39 is 0 Å². The molecule has 1 rings (SSSR count). The van der Waals surface area contributed by atoms with Crippen molar-refractivity contribution in [1.29, 1.82) is 0 Å². The maximum Gasteiger partial charge on any atom is 0.0314 e. The first-order valence-electron chi connectivity index (χ1n) is 4.88. The van der Waals surface area contributed by atoms with Crippen LogP contribution >= 0.6 is 12.6 Å². The zero-order valence-corrected chi connectivity index (χ0v) is 10.1. The van der Waals surface area contributed by atoms with E-state index in [1.807, 2.05) is 31.2 Å². The molecule has 0 fully saturated rings. The minimum absolute atomic E-state index is 0.714. The predicted molar refractivity (Wildman–Crippen MR) is 72.1 cm³/mol. The number of hydrogen-bond acceptors (Lipinski definition) is 2. The molecule has 0 saturated carbocycles. The van der Waals surface area contributed by atoms with Crippen molar-refractivity contribution in [2.24, 2.45) is 0 Å². The standard InChI is InChI=1S/C13H17NS/c1-9(2)13(8-15)10(3)11-4-6-12(14)7-5-11/h4-7,15H,1,8,14H2,2-3H3/b13-10+. The van der Waals surface area contributed by atoms with Gasteiger partial charge < -0.3 is 5.73 Å². The summed E-state index contributed by atoms with van der Waals surface area (Å²) in [5.74, 6) is 0.714. The lowest BCUT2D eigenvalue weighted by molar-refractivity contribution is 1.36. The Kier molecular flexibility index (Phi) is 4.04. The molecule has 0 heterocycles. The second-order valence-electron chi connectivity index (χ2n) is 3.66. The summed E-state index contributed by atoms with van der Waals surface area (Å²) in [4.78, 5) is 0. The average molecular weight is 219 g/mol. The Hall–Kier alpha value is -1.15. The molecule has 1 nitrogen and oxygen atoms in total. The molecular weight excluding hydrogens is 202 g/mol. The molecule has 0 aromatic heterocycles. The molecule has 2 heteroatoms. The molecule has 80 valence electrons. The fourth-order valence-electron chi connectivity index (χ4n) is 1.48. The van der Waals surface area contributed by atoms with E-state index in [0.29, 0.717) is 5.75 Å². The Bertz CT molecular complexity index is 388. The summed E-state index contributed by atoms with van der Waals surface area (Å²) in [5, 5.41) is 0. The van der Waals surface area contributed by atoms with Crippen LogP contribution in [0.15, 0.2) is 42.0 Å². The van der Waals surface area contributed by atoms with Crippen molar-refractivity contribution in [2.45, 2.75) is 13.8 Å². The van der Waals surface area contributed by atoms with Crippen molar-refractivity contribution in [1.82, 2.24) is 0 Å². The van der Waals surface area contributed by atoms with Gasteiger partial charge in [0.2, 0.25) is 0 Å². The van der Waals surface area contributed by atoms with Gasteiger partial charge >= 0.3 is 0 Å². The fraction of sp³-hybridized carbons (Fsp3) is 0.231. The number of anilines is 1. The van der Waals surface area contributed by atoms with Crippen molar-refractivity contribution in [2.75, 3.05) is 11.5 Å². The number of allylic oxidation sites excluding steroid dienone is 2. The Morgan fingerprint density at radius 3 is 2.20 bits per heavy atom. The topological polar surface area (TPSA) is 26.0 Å². The lowest BCUT2D eigenvalue weighted by Crippen LogP contribution is -1.93. The van der Waals surface area contributed by atoms with Crippen LogP contribution in [-0.2, 0) is 0 Å². The molecule has 0 aliphatic heterocycles. The minimum atomic E-state index is 0.714. The lowest BCUT2D eigenvalue weighted by atomic mass is 9.98. The van der Waals surface area contributed by atoms with Gasteiger partial charge in [-0.25, -0.2) is 0 Å². The third kappa shape index (κ3) is 2.90. The van der Waals surface area contributed by atoms with Crippen LogP contribution in [0.25, 0.3) is 5.57 Å². The van der Waals surface area contributed by atoms with Crippen LogP contribution in [0.4, 0.5) is 5.69 Å². The molecular formula is C13H17NS. The molecule has 15 heavy (non-hydrogen) atoms. The largest absolute Gasteiger partial charge is 0.399 e. The summed E-state index contributed by atoms with van der Waals surface area (Å²) < 4.78 is 0. The third-order valence-electron chi connectivity index (χ3n) is 2.47. The van der Waals surface area contributed by atoms with Crippen LogP contribution < -0.4 is 5.73 Å². The van der Waals surface area contributed by atoms with E-state index >= 15 is 0 Å². The van der Waals surface area contributed by atoms with Crippen LogP contribution in [0.5, 0.6) is 0 Å². The van der Waals surface area contributed by atoms with Gasteiger partial charge in [0.1, 0.15) is 0 Å². The number of thiol groups is 1. The fourth-order valence-corrected chi connectivity index (χ4v) is 1.99. The minimum Gasteiger partial charge on any atom is -0.399 e. The summed E-state index contributed by atoms with van der Waals surface area (Å²) in [7, 11) is 0. The van der Waals surface area contributed by atoms with E-state index in [0.717, 1.165) is 11.3 Å². The van der Waals surface area contributed by atoms with Gasteiger partial charge in [0.05, 0.1) is 0 Å². The van der Waals surface area contributed by atoms with Gasteiger partial charge in [-0.15, -0.1) is 0 Å². The number of nitrogens with two attached hydrogens (primary N) is 1. The van der Waals surface area contributed by atoms with Gasteiger partial charge in [0.15, 0.2) is 0 Å². The Morgan fingerprint density at radius 1 is 1.27 bits per heavy atom. The van der Waals surface area contributed by atoms with Gasteiger partial charge in [-0.1, -0.05) is 24.3 Å². The molecule has 0 atom stereocenters. The van der Waals surface area contributed by atoms with Crippen LogP contribution in [0.1, 0.15) is 19.4 Å². The molecule has 0 bridgehead atoms. The first kappa shape index (κ1) is 11.9. The molecule has 0 aliphatic carbocycles. The molecule has 0 aliphatic rings. The molecule has 0 saturated heterocycles. The van der Waals surface area contributed by atoms with E-state index in [-0.39, 0.29) is 0 Å². The summed E-state index contributed by atoms with van der Waals surface area (Å²) in [6.45, 7) is 8.05. The first-order chi connectivity index (χ1) is 7.06. The summed E-state index contributed by atoms with van der Waals surface area (Å²) >= 11 is 4.32. The summed E-state index contributed by atoms with van der Waals surface area (Å²) in [6, 6.07) is 7.87. The Morgan fingerprint density at radius 2 is 1.80 bits per heavy atom. The predicted octanol–water partition coefficient (Wildman–Crippen LogP) is 3.55. The van der Waals surface area contributed by atoms with Gasteiger partial charge in [-0.2, -0.15) is 12.6 Å². The quantitative estimate of drug-likeness (QED) is 0.454. The molecule has 2 N–H and O–H groups in total. The highest BCUT2D eigenvalue weighted by Gasteiger charge is 2.03. The molecule has 0 amide bonds. The normalized spacial score (nSPS) is 12.2. The van der Waals surface area contributed by atoms with Gasteiger partial charge in [-0.3, -0.25) is 0 Å². The van der Waals surface area contributed by atoms with Crippen molar-refractivity contribution >= 4 is 23.9 Å². The van der Waals surface area contributed by atoms with Gasteiger partial charge in [0.25, 0.3) is 0 Å². The van der Waals surface area contributed by atoms with E-state index in [4.69, 9.17) is 5.73 Å². The zero-order chi connectivity index (χ0) is 11.4. The van der Waals surface area contributed by atoms with Crippen LogP contribution in [0, 0.1) is 0 Å². The summed E-state index contributed by atoms with van der Waals surface area (Å²) in [6.07, 6.45) is 0. The van der Waals surface area contributed by atoms with Crippen molar-refractivity contribution in [3.8, 4) is 0 Å². The summed E-state index contributed by atoms with van der Waals surface area (Å²) in [5.41, 5.74) is 11.1. The van der Waals surface area contributed by atoms with E-state index in [9.17, 15) is 0 Å². The van der Waals surface area contributed by atoms with Gasteiger partial charge in [-0.05, 0) is 42.7 Å². The average Bonchev–Trinajstić information content (AvgIpc) is 2.19. The number of rotatable bonds is 3.